The standard InChI is InChI=1S/C28H32N4O3/c1-27(2,3)21-15-19(16-22(24(21)33)28(4,5)6)23-20-10-8-12-30-25(20)32(31-23)13-14-35-26(34)18-9-7-11-29-17-18/h7-12,15-17,33H,13-14H2,1-6H3. The van der Waals surface area contributed by atoms with Gasteiger partial charge in [0.05, 0.1) is 12.1 Å². The molecule has 182 valence electrons. The maximum atomic E-state index is 12.3. The van der Waals surface area contributed by atoms with Gasteiger partial charge < -0.3 is 9.84 Å². The van der Waals surface area contributed by atoms with Crippen LogP contribution in [0.1, 0.15) is 63.0 Å². The number of hydrogen-bond acceptors (Lipinski definition) is 6. The van der Waals surface area contributed by atoms with Crippen LogP contribution in [0.15, 0.2) is 55.0 Å². The number of aromatic nitrogens is 4. The summed E-state index contributed by atoms with van der Waals surface area (Å²) in [6.45, 7) is 13.0. The number of phenolic OH excluding ortho intramolecular Hbond substituents is 1. The van der Waals surface area contributed by atoms with E-state index in [0.717, 1.165) is 27.8 Å². The van der Waals surface area contributed by atoms with Gasteiger partial charge in [0.25, 0.3) is 0 Å². The Kier molecular flexibility index (Phi) is 6.36. The zero-order chi connectivity index (χ0) is 25.4. The Morgan fingerprint density at radius 3 is 2.26 bits per heavy atom. The molecule has 0 bridgehead atoms. The Labute approximate surface area is 205 Å². The van der Waals surface area contributed by atoms with E-state index in [1.807, 2.05) is 24.3 Å². The summed E-state index contributed by atoms with van der Waals surface area (Å²) in [6.07, 6.45) is 4.82. The van der Waals surface area contributed by atoms with Crippen LogP contribution < -0.4 is 0 Å². The van der Waals surface area contributed by atoms with Crippen LogP contribution in [0.5, 0.6) is 5.75 Å². The van der Waals surface area contributed by atoms with E-state index in [1.165, 1.54) is 6.20 Å². The van der Waals surface area contributed by atoms with Gasteiger partial charge in [0.2, 0.25) is 0 Å². The molecular weight excluding hydrogens is 440 g/mol. The van der Waals surface area contributed by atoms with Gasteiger partial charge in [0.1, 0.15) is 18.1 Å². The van der Waals surface area contributed by atoms with Crippen LogP contribution >= 0.6 is 0 Å². The summed E-state index contributed by atoms with van der Waals surface area (Å²) in [7, 11) is 0. The van der Waals surface area contributed by atoms with E-state index in [-0.39, 0.29) is 17.4 Å². The van der Waals surface area contributed by atoms with Crippen LogP contribution in [0.3, 0.4) is 0 Å². The Morgan fingerprint density at radius 1 is 1.00 bits per heavy atom. The second-order valence-corrected chi connectivity index (χ2v) is 10.7. The van der Waals surface area contributed by atoms with E-state index in [9.17, 15) is 9.90 Å². The lowest BCUT2D eigenvalue weighted by molar-refractivity contribution is 0.0488. The van der Waals surface area contributed by atoms with E-state index < -0.39 is 5.97 Å². The highest BCUT2D eigenvalue weighted by Gasteiger charge is 2.28. The minimum Gasteiger partial charge on any atom is -0.507 e. The van der Waals surface area contributed by atoms with Crippen LogP contribution in [0.4, 0.5) is 0 Å². The van der Waals surface area contributed by atoms with Crippen molar-refractivity contribution in [3.8, 4) is 17.0 Å². The fraction of sp³-hybridized carbons (Fsp3) is 0.357. The number of ether oxygens (including phenoxy) is 1. The lowest BCUT2D eigenvalue weighted by atomic mass is 9.78. The number of fused-ring (bicyclic) bond motifs is 1. The van der Waals surface area contributed by atoms with Crippen molar-refractivity contribution in [3.63, 3.8) is 0 Å². The molecule has 0 spiro atoms. The zero-order valence-electron chi connectivity index (χ0n) is 21.2. The smallest absolute Gasteiger partial charge is 0.339 e. The Bertz CT molecular complexity index is 1330. The summed E-state index contributed by atoms with van der Waals surface area (Å²) in [4.78, 5) is 20.8. The SMILES string of the molecule is CC(C)(C)c1cc(-c2nn(CCOC(=O)c3cccnc3)c3ncccc23)cc(C(C)(C)C)c1O. The first-order chi connectivity index (χ1) is 16.5. The average Bonchev–Trinajstić information content (AvgIpc) is 3.17. The molecule has 0 aliphatic heterocycles. The molecule has 1 aromatic carbocycles. The second-order valence-electron chi connectivity index (χ2n) is 10.7. The molecule has 1 N–H and O–H groups in total. The molecule has 0 unspecified atom stereocenters. The molecule has 0 radical (unpaired) electrons. The zero-order valence-corrected chi connectivity index (χ0v) is 21.2. The van der Waals surface area contributed by atoms with E-state index >= 15 is 0 Å². The van der Waals surface area contributed by atoms with E-state index in [2.05, 4.69) is 51.5 Å². The molecule has 35 heavy (non-hydrogen) atoms. The topological polar surface area (TPSA) is 90.1 Å². The van der Waals surface area contributed by atoms with Crippen LogP contribution in [0.25, 0.3) is 22.3 Å². The summed E-state index contributed by atoms with van der Waals surface area (Å²) in [5, 5.41) is 16.9. The molecule has 0 fully saturated rings. The summed E-state index contributed by atoms with van der Waals surface area (Å²) < 4.78 is 7.20. The minimum atomic E-state index is -0.425. The third kappa shape index (κ3) is 5.04. The maximum absolute atomic E-state index is 12.3. The molecular formula is C28H32N4O3. The molecule has 0 saturated heterocycles. The molecule has 0 aliphatic rings. The normalized spacial score (nSPS) is 12.2. The number of aromatic hydroxyl groups is 1. The summed E-state index contributed by atoms with van der Waals surface area (Å²) in [5.41, 5.74) is 4.06. The monoisotopic (exact) mass is 472 g/mol. The number of hydrogen-bond donors (Lipinski definition) is 1. The number of benzene rings is 1. The van der Waals surface area contributed by atoms with Crippen LogP contribution in [0, 0.1) is 0 Å². The predicted molar refractivity (Wildman–Crippen MR) is 137 cm³/mol. The van der Waals surface area contributed by atoms with Crippen molar-refractivity contribution in [1.82, 2.24) is 19.7 Å². The number of carbonyl (C=O) groups is 1. The van der Waals surface area contributed by atoms with Gasteiger partial charge in [-0.2, -0.15) is 5.10 Å². The van der Waals surface area contributed by atoms with E-state index in [1.54, 1.807) is 29.2 Å². The Hall–Kier alpha value is -3.74. The Morgan fingerprint density at radius 2 is 1.66 bits per heavy atom. The van der Waals surface area contributed by atoms with Crippen molar-refractivity contribution in [1.29, 1.82) is 0 Å². The molecule has 0 amide bonds. The molecule has 3 heterocycles. The number of carbonyl (C=O) groups excluding carboxylic acids is 1. The van der Waals surface area contributed by atoms with Crippen molar-refractivity contribution in [2.24, 2.45) is 0 Å². The lowest BCUT2D eigenvalue weighted by Crippen LogP contribution is -2.17. The Balaban J connectivity index is 1.72. The molecule has 7 heteroatoms. The van der Waals surface area contributed by atoms with Crippen LogP contribution in [-0.4, -0.2) is 37.4 Å². The lowest BCUT2D eigenvalue weighted by Gasteiger charge is -2.28. The highest BCUT2D eigenvalue weighted by Crippen LogP contribution is 2.42. The molecule has 0 aliphatic carbocycles. The van der Waals surface area contributed by atoms with Crippen LogP contribution in [-0.2, 0) is 22.1 Å². The van der Waals surface area contributed by atoms with Gasteiger partial charge in [-0.25, -0.2) is 14.5 Å². The molecule has 0 atom stereocenters. The minimum absolute atomic E-state index is 0.149. The highest BCUT2D eigenvalue weighted by molar-refractivity contribution is 5.92. The number of esters is 1. The molecule has 3 aromatic heterocycles. The molecule has 0 saturated carbocycles. The first-order valence-corrected chi connectivity index (χ1v) is 11.7. The number of rotatable bonds is 5. The van der Waals surface area contributed by atoms with Gasteiger partial charge in [-0.05, 0) is 47.2 Å². The first-order valence-electron chi connectivity index (χ1n) is 11.7. The third-order valence-corrected chi connectivity index (χ3v) is 5.94. The van der Waals surface area contributed by atoms with E-state index in [0.29, 0.717) is 23.5 Å². The molecule has 4 rings (SSSR count). The van der Waals surface area contributed by atoms with Crippen molar-refractivity contribution in [3.05, 3.63) is 71.7 Å². The fourth-order valence-electron chi connectivity index (χ4n) is 4.08. The third-order valence-electron chi connectivity index (χ3n) is 5.94. The molecule has 7 nitrogen and oxygen atoms in total. The van der Waals surface area contributed by atoms with E-state index in [4.69, 9.17) is 9.84 Å². The van der Waals surface area contributed by atoms with Crippen molar-refractivity contribution in [2.75, 3.05) is 6.61 Å². The summed E-state index contributed by atoms with van der Waals surface area (Å²) >= 11 is 0. The average molecular weight is 473 g/mol. The highest BCUT2D eigenvalue weighted by atomic mass is 16.5. The first kappa shape index (κ1) is 24.4. The van der Waals surface area contributed by atoms with Gasteiger partial charge >= 0.3 is 5.97 Å². The van der Waals surface area contributed by atoms with Gasteiger partial charge in [0, 0.05) is 40.7 Å². The number of phenols is 1. The summed E-state index contributed by atoms with van der Waals surface area (Å²) in [5.74, 6) is -0.0937. The van der Waals surface area contributed by atoms with Crippen molar-refractivity contribution < 1.29 is 14.6 Å². The van der Waals surface area contributed by atoms with Gasteiger partial charge in [-0.1, -0.05) is 41.5 Å². The van der Waals surface area contributed by atoms with Gasteiger partial charge in [0.15, 0.2) is 5.65 Å². The van der Waals surface area contributed by atoms with Crippen molar-refractivity contribution >= 4 is 17.0 Å². The number of pyridine rings is 2. The quantitative estimate of drug-likeness (QED) is 0.378. The van der Waals surface area contributed by atoms with Crippen LogP contribution in [0.2, 0.25) is 0 Å². The summed E-state index contributed by atoms with van der Waals surface area (Å²) in [6, 6.07) is 11.3. The molecule has 4 aromatic rings. The largest absolute Gasteiger partial charge is 0.507 e. The van der Waals surface area contributed by atoms with Gasteiger partial charge in [-0.15, -0.1) is 0 Å². The predicted octanol–water partition coefficient (Wildman–Crippen LogP) is 5.65. The fourth-order valence-corrected chi connectivity index (χ4v) is 4.08. The number of nitrogens with zero attached hydrogens (tertiary/aromatic N) is 4. The maximum Gasteiger partial charge on any atom is 0.339 e. The van der Waals surface area contributed by atoms with Gasteiger partial charge in [-0.3, -0.25) is 4.98 Å². The van der Waals surface area contributed by atoms with Crippen molar-refractivity contribution in [2.45, 2.75) is 58.9 Å². The second kappa shape index (κ2) is 9.13.